The standard InChI is InChI=1S/C10H9N3O2S/c1-6-8(9(14)15)16-10(12-6)13-7-3-2-4-11-5-7/h2-5H,1H3,(H,12,13)(H,14,15). The molecule has 0 fully saturated rings. The van der Waals surface area contributed by atoms with Crippen molar-refractivity contribution in [3.8, 4) is 0 Å². The van der Waals surface area contributed by atoms with E-state index >= 15 is 0 Å². The van der Waals surface area contributed by atoms with Gasteiger partial charge >= 0.3 is 5.97 Å². The molecule has 0 spiro atoms. The molecular weight excluding hydrogens is 226 g/mol. The molecule has 0 aliphatic heterocycles. The van der Waals surface area contributed by atoms with Crippen molar-refractivity contribution in [1.82, 2.24) is 9.97 Å². The third kappa shape index (κ3) is 2.17. The van der Waals surface area contributed by atoms with Crippen LogP contribution < -0.4 is 5.32 Å². The summed E-state index contributed by atoms with van der Waals surface area (Å²) in [6.45, 7) is 1.67. The number of pyridine rings is 1. The van der Waals surface area contributed by atoms with Gasteiger partial charge in [0.2, 0.25) is 0 Å². The number of rotatable bonds is 3. The molecule has 0 aliphatic carbocycles. The molecular formula is C10H9N3O2S. The van der Waals surface area contributed by atoms with Crippen molar-refractivity contribution in [2.24, 2.45) is 0 Å². The van der Waals surface area contributed by atoms with Crippen LogP contribution in [0.15, 0.2) is 24.5 Å². The largest absolute Gasteiger partial charge is 0.477 e. The minimum absolute atomic E-state index is 0.256. The van der Waals surface area contributed by atoms with Gasteiger partial charge in [-0.15, -0.1) is 0 Å². The Balaban J connectivity index is 2.23. The number of hydrogen-bond acceptors (Lipinski definition) is 5. The van der Waals surface area contributed by atoms with Gasteiger partial charge in [-0.25, -0.2) is 9.78 Å². The normalized spacial score (nSPS) is 10.1. The first-order valence-corrected chi connectivity index (χ1v) is 5.36. The van der Waals surface area contributed by atoms with Crippen LogP contribution in [-0.2, 0) is 0 Å². The molecule has 0 saturated carbocycles. The first kappa shape index (κ1) is 10.6. The first-order valence-electron chi connectivity index (χ1n) is 4.54. The predicted molar refractivity (Wildman–Crippen MR) is 61.3 cm³/mol. The average molecular weight is 235 g/mol. The van der Waals surface area contributed by atoms with Gasteiger partial charge in [-0.05, 0) is 19.1 Å². The fourth-order valence-corrected chi connectivity index (χ4v) is 2.03. The summed E-state index contributed by atoms with van der Waals surface area (Å²) in [5.74, 6) is -0.950. The molecule has 2 heterocycles. The summed E-state index contributed by atoms with van der Waals surface area (Å²) in [4.78, 5) is 19.1. The molecule has 0 aromatic carbocycles. The van der Waals surface area contributed by atoms with E-state index in [0.717, 1.165) is 17.0 Å². The third-order valence-electron chi connectivity index (χ3n) is 1.90. The Morgan fingerprint density at radius 2 is 2.38 bits per heavy atom. The van der Waals surface area contributed by atoms with Crippen molar-refractivity contribution >= 4 is 28.1 Å². The summed E-state index contributed by atoms with van der Waals surface area (Å²) in [6, 6.07) is 3.63. The molecule has 5 nitrogen and oxygen atoms in total. The van der Waals surface area contributed by atoms with Crippen molar-refractivity contribution in [1.29, 1.82) is 0 Å². The predicted octanol–water partition coefficient (Wildman–Crippen LogP) is 2.29. The van der Waals surface area contributed by atoms with E-state index in [1.165, 1.54) is 0 Å². The van der Waals surface area contributed by atoms with E-state index in [4.69, 9.17) is 5.11 Å². The molecule has 16 heavy (non-hydrogen) atoms. The molecule has 0 unspecified atom stereocenters. The Hall–Kier alpha value is -1.95. The van der Waals surface area contributed by atoms with E-state index in [9.17, 15) is 4.79 Å². The van der Waals surface area contributed by atoms with Crippen LogP contribution in [0, 0.1) is 6.92 Å². The Morgan fingerprint density at radius 3 is 2.94 bits per heavy atom. The van der Waals surface area contributed by atoms with Gasteiger partial charge in [0.25, 0.3) is 0 Å². The highest BCUT2D eigenvalue weighted by atomic mass is 32.1. The molecule has 0 radical (unpaired) electrons. The number of hydrogen-bond donors (Lipinski definition) is 2. The lowest BCUT2D eigenvalue weighted by molar-refractivity contribution is 0.0701. The molecule has 2 aromatic rings. The van der Waals surface area contributed by atoms with Gasteiger partial charge in [-0.3, -0.25) is 4.98 Å². The average Bonchev–Trinajstić information content (AvgIpc) is 2.61. The summed E-state index contributed by atoms with van der Waals surface area (Å²) in [7, 11) is 0. The van der Waals surface area contributed by atoms with Gasteiger partial charge in [0.05, 0.1) is 17.6 Å². The van der Waals surface area contributed by atoms with E-state index < -0.39 is 5.97 Å². The van der Waals surface area contributed by atoms with Crippen LogP contribution >= 0.6 is 11.3 Å². The summed E-state index contributed by atoms with van der Waals surface area (Å²) < 4.78 is 0. The minimum Gasteiger partial charge on any atom is -0.477 e. The van der Waals surface area contributed by atoms with Gasteiger partial charge in [0.1, 0.15) is 4.88 Å². The number of aromatic nitrogens is 2. The smallest absolute Gasteiger partial charge is 0.347 e. The van der Waals surface area contributed by atoms with E-state index in [0.29, 0.717) is 10.8 Å². The summed E-state index contributed by atoms with van der Waals surface area (Å²) in [5, 5.41) is 12.4. The number of carbonyl (C=O) groups is 1. The number of carboxylic acid groups (broad SMARTS) is 1. The van der Waals surface area contributed by atoms with Crippen molar-refractivity contribution in [3.05, 3.63) is 35.1 Å². The summed E-state index contributed by atoms with van der Waals surface area (Å²) in [6.07, 6.45) is 3.32. The van der Waals surface area contributed by atoms with Crippen molar-refractivity contribution in [2.45, 2.75) is 6.92 Å². The Labute approximate surface area is 95.8 Å². The molecule has 2 N–H and O–H groups in total. The topological polar surface area (TPSA) is 75.1 Å². The number of thiazole rings is 1. The van der Waals surface area contributed by atoms with E-state index in [1.807, 2.05) is 6.07 Å². The molecule has 2 rings (SSSR count). The molecule has 0 bridgehead atoms. The van der Waals surface area contributed by atoms with Crippen LogP contribution in [0.25, 0.3) is 0 Å². The van der Waals surface area contributed by atoms with Gasteiger partial charge < -0.3 is 10.4 Å². The quantitative estimate of drug-likeness (QED) is 0.853. The Bertz CT molecular complexity index is 510. The Morgan fingerprint density at radius 1 is 1.56 bits per heavy atom. The van der Waals surface area contributed by atoms with Crippen LogP contribution in [0.1, 0.15) is 15.4 Å². The lowest BCUT2D eigenvalue weighted by Gasteiger charge is -1.99. The molecule has 82 valence electrons. The molecule has 6 heteroatoms. The van der Waals surface area contributed by atoms with Gasteiger partial charge in [-0.1, -0.05) is 11.3 Å². The third-order valence-corrected chi connectivity index (χ3v) is 2.96. The monoisotopic (exact) mass is 235 g/mol. The molecule has 0 atom stereocenters. The van der Waals surface area contributed by atoms with Gasteiger partial charge in [0.15, 0.2) is 5.13 Å². The molecule has 2 aromatic heterocycles. The number of nitrogens with one attached hydrogen (secondary N) is 1. The number of carboxylic acids is 1. The lowest BCUT2D eigenvalue weighted by Crippen LogP contribution is -1.94. The molecule has 0 amide bonds. The van der Waals surface area contributed by atoms with Crippen LogP contribution in [0.4, 0.5) is 10.8 Å². The van der Waals surface area contributed by atoms with Crippen LogP contribution in [0.5, 0.6) is 0 Å². The lowest BCUT2D eigenvalue weighted by atomic mass is 10.4. The van der Waals surface area contributed by atoms with Crippen molar-refractivity contribution < 1.29 is 9.90 Å². The maximum Gasteiger partial charge on any atom is 0.347 e. The highest BCUT2D eigenvalue weighted by Gasteiger charge is 2.13. The SMILES string of the molecule is Cc1nc(Nc2cccnc2)sc1C(=O)O. The van der Waals surface area contributed by atoms with E-state index in [1.54, 1.807) is 25.4 Å². The van der Waals surface area contributed by atoms with Crippen molar-refractivity contribution in [3.63, 3.8) is 0 Å². The minimum atomic E-state index is -0.950. The molecule has 0 aliphatic rings. The zero-order chi connectivity index (χ0) is 11.5. The fourth-order valence-electron chi connectivity index (χ4n) is 1.21. The Kier molecular flexibility index (Phi) is 2.82. The van der Waals surface area contributed by atoms with Crippen molar-refractivity contribution in [2.75, 3.05) is 5.32 Å². The zero-order valence-electron chi connectivity index (χ0n) is 8.47. The van der Waals surface area contributed by atoms with Gasteiger partial charge in [-0.2, -0.15) is 0 Å². The molecule has 0 saturated heterocycles. The number of aryl methyl sites for hydroxylation is 1. The van der Waals surface area contributed by atoms with E-state index in [2.05, 4.69) is 15.3 Å². The van der Waals surface area contributed by atoms with Crippen LogP contribution in [-0.4, -0.2) is 21.0 Å². The second kappa shape index (κ2) is 4.28. The number of anilines is 2. The second-order valence-electron chi connectivity index (χ2n) is 3.11. The number of aromatic carboxylic acids is 1. The van der Waals surface area contributed by atoms with Gasteiger partial charge in [0, 0.05) is 6.20 Å². The maximum atomic E-state index is 10.8. The highest BCUT2D eigenvalue weighted by Crippen LogP contribution is 2.25. The first-order chi connectivity index (χ1) is 7.66. The van der Waals surface area contributed by atoms with Crippen LogP contribution in [0.3, 0.4) is 0 Å². The highest BCUT2D eigenvalue weighted by molar-refractivity contribution is 7.17. The second-order valence-corrected chi connectivity index (χ2v) is 4.10. The fraction of sp³-hybridized carbons (Fsp3) is 0.100. The summed E-state index contributed by atoms with van der Waals surface area (Å²) >= 11 is 1.11. The van der Waals surface area contributed by atoms with Crippen LogP contribution in [0.2, 0.25) is 0 Å². The number of nitrogens with zero attached hydrogens (tertiary/aromatic N) is 2. The maximum absolute atomic E-state index is 10.8. The summed E-state index contributed by atoms with van der Waals surface area (Å²) in [5.41, 5.74) is 1.30. The zero-order valence-corrected chi connectivity index (χ0v) is 9.28. The van der Waals surface area contributed by atoms with E-state index in [-0.39, 0.29) is 4.88 Å².